The van der Waals surface area contributed by atoms with Gasteiger partial charge in [0.05, 0.1) is 39.9 Å². The van der Waals surface area contributed by atoms with Crippen molar-refractivity contribution in [2.75, 3.05) is 40.9 Å². The maximum absolute atomic E-state index is 13.0. The molecule has 0 radical (unpaired) electrons. The molecule has 0 rings (SSSR count). The molecule has 69 heavy (non-hydrogen) atoms. The molecule has 0 aromatic rings. The molecule has 0 aliphatic heterocycles. The quantitative estimate of drug-likeness (QED) is 0.0243. The van der Waals surface area contributed by atoms with Crippen LogP contribution in [0.1, 0.15) is 277 Å². The van der Waals surface area contributed by atoms with Crippen LogP contribution in [0.5, 0.6) is 0 Å². The molecule has 3 N–H and O–H groups in total. The third kappa shape index (κ3) is 54.1. The number of hydrogen-bond donors (Lipinski definition) is 3. The Morgan fingerprint density at radius 3 is 1.16 bits per heavy atom. The number of unbranched alkanes of at least 4 members (excludes halogenated alkanes) is 35. The van der Waals surface area contributed by atoms with Crippen molar-refractivity contribution in [2.45, 2.75) is 289 Å². The Kier molecular flexibility index (Phi) is 50.2. The molecule has 3 atom stereocenters. The summed E-state index contributed by atoms with van der Waals surface area (Å²) in [7, 11) is 1.55. The summed E-state index contributed by atoms with van der Waals surface area (Å²) in [6.45, 7) is 4.81. The van der Waals surface area contributed by atoms with Gasteiger partial charge in [-0.05, 0) is 70.6 Å². The summed E-state index contributed by atoms with van der Waals surface area (Å²) in [5.41, 5.74) is 0. The lowest BCUT2D eigenvalue weighted by Crippen LogP contribution is -2.45. The number of nitrogens with zero attached hydrogens (tertiary/aromatic N) is 1. The van der Waals surface area contributed by atoms with Crippen LogP contribution < -0.4 is 5.32 Å². The molecule has 1 amide bonds. The van der Waals surface area contributed by atoms with Crippen molar-refractivity contribution >= 4 is 13.7 Å². The number of phosphoric ester groups is 1. The first-order valence-electron chi connectivity index (χ1n) is 29.5. The second kappa shape index (κ2) is 51.4. The minimum Gasteiger partial charge on any atom is -0.387 e. The van der Waals surface area contributed by atoms with Crippen LogP contribution in [0.15, 0.2) is 48.6 Å². The van der Waals surface area contributed by atoms with Crippen molar-refractivity contribution < 1.29 is 32.9 Å². The van der Waals surface area contributed by atoms with Gasteiger partial charge in [-0.25, -0.2) is 4.57 Å². The van der Waals surface area contributed by atoms with Crippen LogP contribution in [0.3, 0.4) is 0 Å². The lowest BCUT2D eigenvalue weighted by Gasteiger charge is -2.25. The zero-order valence-corrected chi connectivity index (χ0v) is 47.2. The second-order valence-corrected chi connectivity index (χ2v) is 22.8. The van der Waals surface area contributed by atoms with Gasteiger partial charge < -0.3 is 19.8 Å². The predicted octanol–water partition coefficient (Wildman–Crippen LogP) is 17.9. The van der Waals surface area contributed by atoms with Crippen molar-refractivity contribution in [3.8, 4) is 0 Å². The van der Waals surface area contributed by atoms with Gasteiger partial charge in [0.2, 0.25) is 5.91 Å². The van der Waals surface area contributed by atoms with Crippen LogP contribution in [-0.2, 0) is 18.4 Å². The van der Waals surface area contributed by atoms with E-state index in [0.717, 1.165) is 44.9 Å². The molecule has 8 nitrogen and oxygen atoms in total. The molecule has 0 heterocycles. The molecule has 0 fully saturated rings. The number of aliphatic hydroxyl groups is 1. The number of quaternary nitrogens is 1. The summed E-state index contributed by atoms with van der Waals surface area (Å²) in [6.07, 6.45) is 68.0. The van der Waals surface area contributed by atoms with Crippen LogP contribution in [0.2, 0.25) is 0 Å². The van der Waals surface area contributed by atoms with Crippen molar-refractivity contribution in [3.63, 3.8) is 0 Å². The molecule has 0 aliphatic carbocycles. The Hall–Kier alpha value is -1.54. The normalized spacial score (nSPS) is 14.2. The van der Waals surface area contributed by atoms with Gasteiger partial charge in [-0.3, -0.25) is 13.8 Å². The molecular weight excluding hydrogens is 876 g/mol. The SMILES string of the molecule is CCCCCCCCCC/C=C/CC/C=C/CC/C=C/C(O)C(COP(=O)(O)OCC[N+](C)(C)C)NC(=O)CCCCCCCCCCCCCCC/C=C\CCCCCCCCCCCCCC. The second-order valence-electron chi connectivity index (χ2n) is 21.3. The van der Waals surface area contributed by atoms with Gasteiger partial charge >= 0.3 is 7.82 Å². The lowest BCUT2D eigenvalue weighted by molar-refractivity contribution is -0.870. The monoisotopic (exact) mass is 992 g/mol. The predicted molar refractivity (Wildman–Crippen MR) is 300 cm³/mol. The van der Waals surface area contributed by atoms with Gasteiger partial charge in [-0.15, -0.1) is 0 Å². The third-order valence-electron chi connectivity index (χ3n) is 13.2. The summed E-state index contributed by atoms with van der Waals surface area (Å²) >= 11 is 0. The molecular formula is C60H116N2O6P+. The van der Waals surface area contributed by atoms with E-state index >= 15 is 0 Å². The lowest BCUT2D eigenvalue weighted by atomic mass is 10.0. The van der Waals surface area contributed by atoms with Crippen LogP contribution in [-0.4, -0.2) is 73.4 Å². The van der Waals surface area contributed by atoms with Crippen molar-refractivity contribution in [1.82, 2.24) is 5.32 Å². The largest absolute Gasteiger partial charge is 0.472 e. The smallest absolute Gasteiger partial charge is 0.387 e. The van der Waals surface area contributed by atoms with Crippen LogP contribution in [0.25, 0.3) is 0 Å². The van der Waals surface area contributed by atoms with Crippen molar-refractivity contribution in [2.24, 2.45) is 0 Å². The average molecular weight is 993 g/mol. The molecule has 0 aromatic heterocycles. The zero-order valence-electron chi connectivity index (χ0n) is 46.3. The van der Waals surface area contributed by atoms with Crippen LogP contribution in [0, 0.1) is 0 Å². The topological polar surface area (TPSA) is 105 Å². The number of likely N-dealkylation sites (N-methyl/N-ethyl adjacent to an activating group) is 1. The Balaban J connectivity index is 4.18. The third-order valence-corrected chi connectivity index (χ3v) is 14.2. The maximum atomic E-state index is 13.0. The molecule has 0 bridgehead atoms. The summed E-state index contributed by atoms with van der Waals surface area (Å²) in [5.74, 6) is -0.189. The van der Waals surface area contributed by atoms with E-state index in [-0.39, 0.29) is 19.1 Å². The molecule has 0 spiro atoms. The number of rotatable bonds is 54. The van der Waals surface area contributed by atoms with Crippen molar-refractivity contribution in [3.05, 3.63) is 48.6 Å². The van der Waals surface area contributed by atoms with E-state index in [0.29, 0.717) is 17.4 Å². The van der Waals surface area contributed by atoms with E-state index in [1.165, 1.54) is 212 Å². The summed E-state index contributed by atoms with van der Waals surface area (Å²) < 4.78 is 23.7. The van der Waals surface area contributed by atoms with Gasteiger partial charge in [0, 0.05) is 6.42 Å². The van der Waals surface area contributed by atoms with E-state index in [9.17, 15) is 19.4 Å². The highest BCUT2D eigenvalue weighted by Gasteiger charge is 2.27. The van der Waals surface area contributed by atoms with E-state index in [4.69, 9.17) is 9.05 Å². The summed E-state index contributed by atoms with van der Waals surface area (Å²) in [6, 6.07) is -0.870. The fourth-order valence-corrected chi connectivity index (χ4v) is 9.34. The standard InChI is InChI=1S/C60H115N2O6P/c1-6-8-10-12-14-16-18-20-22-24-26-27-28-29-30-31-32-33-34-35-36-38-40-42-44-46-48-50-52-54-60(64)61-58(57-68-69(65,66)67-56-55-62(3,4)5)59(63)53-51-49-47-45-43-41-39-37-25-23-21-19-17-15-13-11-9-7-2/h25,29-30,37,43,45,51,53,58-59,63H,6-24,26-28,31-36,38-42,44,46-50,52,54-57H2,1-5H3,(H-,61,64,65,66)/p+1/b30-29-,37-25+,45-43+,53-51+. The molecule has 0 saturated carbocycles. The molecule has 0 saturated heterocycles. The highest BCUT2D eigenvalue weighted by molar-refractivity contribution is 7.47. The Labute approximate surface area is 429 Å². The average Bonchev–Trinajstić information content (AvgIpc) is 3.31. The number of carbonyl (C=O) groups is 1. The number of aliphatic hydroxyl groups excluding tert-OH is 1. The Morgan fingerprint density at radius 1 is 0.478 bits per heavy atom. The van der Waals surface area contributed by atoms with Gasteiger partial charge in [-0.1, -0.05) is 249 Å². The van der Waals surface area contributed by atoms with E-state index in [1.54, 1.807) is 6.08 Å². The minimum atomic E-state index is -4.36. The molecule has 0 aliphatic rings. The van der Waals surface area contributed by atoms with E-state index in [1.807, 2.05) is 27.2 Å². The molecule has 3 unspecified atom stereocenters. The summed E-state index contributed by atoms with van der Waals surface area (Å²) in [5, 5.41) is 13.9. The highest BCUT2D eigenvalue weighted by atomic mass is 31.2. The summed E-state index contributed by atoms with van der Waals surface area (Å²) in [4.78, 5) is 23.3. The molecule has 9 heteroatoms. The van der Waals surface area contributed by atoms with Gasteiger partial charge in [0.15, 0.2) is 0 Å². The first-order valence-corrected chi connectivity index (χ1v) is 31.0. The van der Waals surface area contributed by atoms with Crippen LogP contribution in [0.4, 0.5) is 0 Å². The zero-order chi connectivity index (χ0) is 50.6. The van der Waals surface area contributed by atoms with E-state index in [2.05, 4.69) is 55.6 Å². The maximum Gasteiger partial charge on any atom is 0.472 e. The Morgan fingerprint density at radius 2 is 0.797 bits per heavy atom. The molecule has 0 aromatic carbocycles. The van der Waals surface area contributed by atoms with Gasteiger partial charge in [0.25, 0.3) is 0 Å². The fourth-order valence-electron chi connectivity index (χ4n) is 8.60. The number of allylic oxidation sites excluding steroid dienone is 7. The molecule has 406 valence electrons. The Bertz CT molecular complexity index is 1260. The number of amides is 1. The van der Waals surface area contributed by atoms with Gasteiger partial charge in [0.1, 0.15) is 13.2 Å². The number of phosphoric acid groups is 1. The minimum absolute atomic E-state index is 0.0534. The first-order chi connectivity index (χ1) is 33.5. The first kappa shape index (κ1) is 67.5. The van der Waals surface area contributed by atoms with Gasteiger partial charge in [-0.2, -0.15) is 0 Å². The number of nitrogens with one attached hydrogen (secondary N) is 1. The van der Waals surface area contributed by atoms with E-state index < -0.39 is 20.0 Å². The van der Waals surface area contributed by atoms with Crippen LogP contribution >= 0.6 is 7.82 Å². The highest BCUT2D eigenvalue weighted by Crippen LogP contribution is 2.43. The fraction of sp³-hybridized carbons (Fsp3) is 0.850. The van der Waals surface area contributed by atoms with Crippen molar-refractivity contribution in [1.29, 1.82) is 0 Å². The number of hydrogen-bond acceptors (Lipinski definition) is 5. The number of carbonyl (C=O) groups excluding carboxylic acids is 1.